The molecule has 0 rings (SSSR count). The molecule has 0 aromatic carbocycles. The van der Waals surface area contributed by atoms with Gasteiger partial charge in [-0.2, -0.15) is 0 Å². The molecule has 4 amide bonds. The van der Waals surface area contributed by atoms with E-state index in [2.05, 4.69) is 20.9 Å². The van der Waals surface area contributed by atoms with Crippen LogP contribution in [0.1, 0.15) is 44.9 Å². The van der Waals surface area contributed by atoms with Gasteiger partial charge in [-0.1, -0.05) is 0 Å². The monoisotopic (exact) mass is 487 g/mol. The van der Waals surface area contributed by atoms with Crippen molar-refractivity contribution in [1.82, 2.24) is 16.0 Å². The lowest BCUT2D eigenvalue weighted by Crippen LogP contribution is -2.53. The van der Waals surface area contributed by atoms with E-state index in [1.165, 1.54) is 0 Å². The van der Waals surface area contributed by atoms with E-state index in [1.54, 1.807) is 0 Å². The maximum absolute atomic E-state index is 12.6. The summed E-state index contributed by atoms with van der Waals surface area (Å²) in [5.74, 6) is -4.10. The molecule has 0 aromatic heterocycles. The largest absolute Gasteiger partial charge is 0.480 e. The first kappa shape index (κ1) is 30.5. The zero-order valence-electron chi connectivity index (χ0n) is 19.1. The molecule has 0 radical (unpaired) electrons. The maximum atomic E-state index is 12.6. The van der Waals surface area contributed by atoms with Crippen LogP contribution in [0.2, 0.25) is 0 Å². The molecule has 0 saturated carbocycles. The van der Waals surface area contributed by atoms with Crippen LogP contribution in [0.25, 0.3) is 0 Å². The molecule has 0 aliphatic carbocycles. The van der Waals surface area contributed by atoms with Crippen molar-refractivity contribution in [3.05, 3.63) is 0 Å². The number of hydrogen-bond donors (Lipinski definition) is 9. The molecule has 3 unspecified atom stereocenters. The van der Waals surface area contributed by atoms with Gasteiger partial charge in [0.2, 0.25) is 23.6 Å². The summed E-state index contributed by atoms with van der Waals surface area (Å²) in [7, 11) is 0. The number of carboxylic acids is 1. The van der Waals surface area contributed by atoms with Crippen LogP contribution < -0.4 is 44.6 Å². The summed E-state index contributed by atoms with van der Waals surface area (Å²) in [5.41, 5.74) is 26.7. The number of nitrogens with one attached hydrogen (secondary N) is 3. The predicted octanol–water partition coefficient (Wildman–Crippen LogP) is -4.07. The number of carbonyl (C=O) groups excluding carboxylic acids is 4. The molecule has 0 heterocycles. The van der Waals surface area contributed by atoms with Crippen molar-refractivity contribution in [2.24, 2.45) is 33.7 Å². The zero-order chi connectivity index (χ0) is 26.1. The molecule has 15 nitrogen and oxygen atoms in total. The lowest BCUT2D eigenvalue weighted by molar-refractivity contribution is -0.142. The number of guanidine groups is 1. The Morgan fingerprint density at radius 3 is 2.09 bits per heavy atom. The average Bonchev–Trinajstić information content (AvgIpc) is 2.76. The van der Waals surface area contributed by atoms with E-state index in [4.69, 9.17) is 28.7 Å². The van der Waals surface area contributed by atoms with Gasteiger partial charge in [0.25, 0.3) is 0 Å². The van der Waals surface area contributed by atoms with Gasteiger partial charge in [0, 0.05) is 13.0 Å². The van der Waals surface area contributed by atoms with Crippen LogP contribution in [0.5, 0.6) is 0 Å². The first-order valence-electron chi connectivity index (χ1n) is 10.9. The zero-order valence-corrected chi connectivity index (χ0v) is 19.1. The number of hydrogen-bond acceptors (Lipinski definition) is 8. The van der Waals surface area contributed by atoms with Crippen molar-refractivity contribution in [1.29, 1.82) is 0 Å². The molecular formula is C19H37N9O6. The number of rotatable bonds is 18. The van der Waals surface area contributed by atoms with E-state index in [1.807, 2.05) is 0 Å². The third-order valence-electron chi connectivity index (χ3n) is 4.62. The number of unbranched alkanes of at least 4 members (excludes halogenated alkanes) is 1. The molecule has 0 fully saturated rings. The molecule has 15 heteroatoms. The molecule has 0 saturated heterocycles. The Morgan fingerprint density at radius 2 is 1.53 bits per heavy atom. The number of aliphatic imine (C=N–C) groups is 1. The molecular weight excluding hydrogens is 450 g/mol. The van der Waals surface area contributed by atoms with Gasteiger partial charge >= 0.3 is 5.97 Å². The minimum Gasteiger partial charge on any atom is -0.480 e. The summed E-state index contributed by atoms with van der Waals surface area (Å²) in [6, 6.07) is -3.31. The van der Waals surface area contributed by atoms with Crippen LogP contribution in [-0.2, 0) is 24.0 Å². The van der Waals surface area contributed by atoms with Crippen molar-refractivity contribution >= 4 is 35.6 Å². The molecule has 0 spiro atoms. The standard InChI is InChI=1S/C19H37N9O6/c20-8-2-1-5-12(17(32)28-13(18(33)34)6-7-14(22)29)27-15(30)10-26-16(31)11(21)4-3-9-25-19(23)24/h11-13H,1-10,20-21H2,(H2,22,29)(H,26,31)(H,27,30)(H,28,32)(H,33,34)(H4,23,24,25). The summed E-state index contributed by atoms with van der Waals surface area (Å²) in [6.45, 7) is 0.237. The van der Waals surface area contributed by atoms with E-state index in [0.29, 0.717) is 32.4 Å². The van der Waals surface area contributed by atoms with Gasteiger partial charge in [-0.3, -0.25) is 24.2 Å². The van der Waals surface area contributed by atoms with Gasteiger partial charge in [0.15, 0.2) is 5.96 Å². The Kier molecular flexibility index (Phi) is 15.3. The molecule has 0 aliphatic rings. The van der Waals surface area contributed by atoms with Gasteiger partial charge in [-0.05, 0) is 45.1 Å². The molecule has 0 bridgehead atoms. The highest BCUT2D eigenvalue weighted by atomic mass is 16.4. The molecule has 0 aromatic rings. The van der Waals surface area contributed by atoms with Gasteiger partial charge < -0.3 is 49.7 Å². The molecule has 34 heavy (non-hydrogen) atoms. The second-order valence-corrected chi connectivity index (χ2v) is 7.58. The van der Waals surface area contributed by atoms with Gasteiger partial charge in [0.1, 0.15) is 12.1 Å². The summed E-state index contributed by atoms with van der Waals surface area (Å²) in [6.07, 6.45) is 1.57. The van der Waals surface area contributed by atoms with E-state index in [-0.39, 0.29) is 31.6 Å². The Morgan fingerprint density at radius 1 is 0.853 bits per heavy atom. The minimum absolute atomic E-state index is 0.0673. The van der Waals surface area contributed by atoms with Gasteiger partial charge in [0.05, 0.1) is 12.6 Å². The van der Waals surface area contributed by atoms with Crippen molar-refractivity contribution in [2.45, 2.75) is 63.1 Å². The van der Waals surface area contributed by atoms with Crippen LogP contribution in [0.3, 0.4) is 0 Å². The molecule has 194 valence electrons. The second-order valence-electron chi connectivity index (χ2n) is 7.58. The van der Waals surface area contributed by atoms with E-state index in [0.717, 1.165) is 0 Å². The van der Waals surface area contributed by atoms with Crippen LogP contribution in [-0.4, -0.2) is 78.4 Å². The summed E-state index contributed by atoms with van der Waals surface area (Å²) in [4.78, 5) is 63.0. The SMILES string of the molecule is NCCCCC(NC(=O)CNC(=O)C(N)CCCN=C(N)N)C(=O)NC(CCC(N)=O)C(=O)O. The number of nitrogens with two attached hydrogens (primary N) is 5. The van der Waals surface area contributed by atoms with Crippen LogP contribution in [0, 0.1) is 0 Å². The highest BCUT2D eigenvalue weighted by Crippen LogP contribution is 2.04. The molecule has 0 aliphatic heterocycles. The normalized spacial score (nSPS) is 13.1. The lowest BCUT2D eigenvalue weighted by atomic mass is 10.1. The number of primary amides is 1. The van der Waals surface area contributed by atoms with E-state index < -0.39 is 54.3 Å². The number of carbonyl (C=O) groups is 5. The number of carboxylic acid groups (broad SMARTS) is 1. The second kappa shape index (κ2) is 17.1. The fourth-order valence-corrected chi connectivity index (χ4v) is 2.77. The highest BCUT2D eigenvalue weighted by Gasteiger charge is 2.26. The van der Waals surface area contributed by atoms with Crippen molar-refractivity contribution in [3.8, 4) is 0 Å². The van der Waals surface area contributed by atoms with E-state index in [9.17, 15) is 29.1 Å². The van der Waals surface area contributed by atoms with Crippen molar-refractivity contribution in [3.63, 3.8) is 0 Å². The Labute approximate surface area is 197 Å². The maximum Gasteiger partial charge on any atom is 0.326 e. The summed E-state index contributed by atoms with van der Waals surface area (Å²) < 4.78 is 0. The number of nitrogens with zero attached hydrogens (tertiary/aromatic N) is 1. The highest BCUT2D eigenvalue weighted by molar-refractivity contribution is 5.92. The molecule has 3 atom stereocenters. The number of amides is 4. The van der Waals surface area contributed by atoms with Crippen molar-refractivity contribution in [2.75, 3.05) is 19.6 Å². The Balaban J connectivity index is 4.84. The number of aliphatic carboxylic acids is 1. The lowest BCUT2D eigenvalue weighted by Gasteiger charge is -2.21. The van der Waals surface area contributed by atoms with Crippen LogP contribution in [0.4, 0.5) is 0 Å². The van der Waals surface area contributed by atoms with Crippen LogP contribution in [0.15, 0.2) is 4.99 Å². The average molecular weight is 488 g/mol. The Bertz CT molecular complexity index is 727. The first-order valence-corrected chi connectivity index (χ1v) is 10.9. The first-order chi connectivity index (χ1) is 16.0. The van der Waals surface area contributed by atoms with Gasteiger partial charge in [-0.15, -0.1) is 0 Å². The summed E-state index contributed by atoms with van der Waals surface area (Å²) in [5, 5.41) is 16.4. The topological polar surface area (TPSA) is 284 Å². The quantitative estimate of drug-likeness (QED) is 0.0511. The smallest absolute Gasteiger partial charge is 0.326 e. The fourth-order valence-electron chi connectivity index (χ4n) is 2.77. The van der Waals surface area contributed by atoms with E-state index >= 15 is 0 Å². The predicted molar refractivity (Wildman–Crippen MR) is 124 cm³/mol. The minimum atomic E-state index is -1.36. The fraction of sp³-hybridized carbons (Fsp3) is 0.684. The van der Waals surface area contributed by atoms with Gasteiger partial charge in [-0.25, -0.2) is 4.79 Å². The molecule has 14 N–H and O–H groups in total. The van der Waals surface area contributed by atoms with Crippen molar-refractivity contribution < 1.29 is 29.1 Å². The third kappa shape index (κ3) is 14.6. The summed E-state index contributed by atoms with van der Waals surface area (Å²) >= 11 is 0. The third-order valence-corrected chi connectivity index (χ3v) is 4.62. The van der Waals surface area contributed by atoms with Crippen LogP contribution >= 0.6 is 0 Å². The Hall–Kier alpha value is -3.46.